The van der Waals surface area contributed by atoms with Gasteiger partial charge < -0.3 is 0 Å². The highest BCUT2D eigenvalue weighted by atomic mass is 35.5. The summed E-state index contributed by atoms with van der Waals surface area (Å²) in [6.07, 6.45) is 0.766. The van der Waals surface area contributed by atoms with Crippen LogP contribution in [0.2, 0.25) is 0 Å². The lowest BCUT2D eigenvalue weighted by Gasteiger charge is -2.12. The van der Waals surface area contributed by atoms with Crippen molar-refractivity contribution in [2.75, 3.05) is 5.88 Å². The summed E-state index contributed by atoms with van der Waals surface area (Å²) < 4.78 is 2.23. The quantitative estimate of drug-likeness (QED) is 0.624. The second kappa shape index (κ2) is 5.90. The highest BCUT2D eigenvalue weighted by Gasteiger charge is 2.12. The first-order chi connectivity index (χ1) is 10.2. The molecule has 2 aromatic carbocycles. The molecule has 0 aliphatic rings. The Kier molecular flexibility index (Phi) is 3.98. The van der Waals surface area contributed by atoms with E-state index in [1.165, 1.54) is 5.56 Å². The molecule has 0 radical (unpaired) electrons. The van der Waals surface area contributed by atoms with Crippen molar-refractivity contribution in [3.05, 3.63) is 59.9 Å². The van der Waals surface area contributed by atoms with Crippen LogP contribution in [0.1, 0.15) is 31.2 Å². The van der Waals surface area contributed by atoms with Gasteiger partial charge in [0.25, 0.3) is 0 Å². The summed E-state index contributed by atoms with van der Waals surface area (Å²) in [7, 11) is 0. The molecular formula is C18H19ClN2. The molecule has 0 aliphatic carbocycles. The van der Waals surface area contributed by atoms with E-state index in [0.29, 0.717) is 11.8 Å². The maximum Gasteiger partial charge on any atom is 0.115 e. The number of halogens is 1. The van der Waals surface area contributed by atoms with Crippen molar-refractivity contribution in [3.8, 4) is 5.69 Å². The molecule has 0 atom stereocenters. The summed E-state index contributed by atoms with van der Waals surface area (Å²) in [5.41, 5.74) is 4.66. The Balaban J connectivity index is 2.22. The number of imidazole rings is 1. The van der Waals surface area contributed by atoms with Crippen LogP contribution in [0.25, 0.3) is 16.7 Å². The van der Waals surface area contributed by atoms with E-state index < -0.39 is 0 Å². The van der Waals surface area contributed by atoms with Crippen LogP contribution >= 0.6 is 11.6 Å². The summed E-state index contributed by atoms with van der Waals surface area (Å²) in [5, 5.41) is 0. The van der Waals surface area contributed by atoms with Gasteiger partial charge in [0, 0.05) is 18.0 Å². The van der Waals surface area contributed by atoms with Gasteiger partial charge in [0.15, 0.2) is 0 Å². The molecule has 0 aliphatic heterocycles. The summed E-state index contributed by atoms with van der Waals surface area (Å²) in [4.78, 5) is 4.73. The highest BCUT2D eigenvalue weighted by molar-refractivity contribution is 6.17. The van der Waals surface area contributed by atoms with Crippen LogP contribution in [-0.4, -0.2) is 15.4 Å². The second-order valence-electron chi connectivity index (χ2n) is 5.54. The van der Waals surface area contributed by atoms with Crippen molar-refractivity contribution in [2.24, 2.45) is 0 Å². The average Bonchev–Trinajstić information content (AvgIpc) is 2.85. The molecule has 3 heteroatoms. The Morgan fingerprint density at radius 2 is 1.90 bits per heavy atom. The molecule has 2 nitrogen and oxygen atoms in total. The van der Waals surface area contributed by atoms with Crippen LogP contribution in [0.3, 0.4) is 0 Å². The van der Waals surface area contributed by atoms with Gasteiger partial charge in [0.2, 0.25) is 0 Å². The molecule has 0 saturated heterocycles. The Labute approximate surface area is 130 Å². The highest BCUT2D eigenvalue weighted by Crippen LogP contribution is 2.24. The van der Waals surface area contributed by atoms with Gasteiger partial charge in [0.05, 0.1) is 11.0 Å². The van der Waals surface area contributed by atoms with Gasteiger partial charge in [-0.25, -0.2) is 4.98 Å². The van der Waals surface area contributed by atoms with Crippen molar-refractivity contribution >= 4 is 22.6 Å². The monoisotopic (exact) mass is 298 g/mol. The molecule has 0 spiro atoms. The predicted molar refractivity (Wildman–Crippen MR) is 89.6 cm³/mol. The number of para-hydroxylation sites is 2. The number of hydrogen-bond acceptors (Lipinski definition) is 1. The minimum absolute atomic E-state index is 0.510. The van der Waals surface area contributed by atoms with Crippen molar-refractivity contribution in [1.82, 2.24) is 9.55 Å². The third-order valence-electron chi connectivity index (χ3n) is 3.74. The fraction of sp³-hybridized carbons (Fsp3) is 0.278. The lowest BCUT2D eigenvalue weighted by atomic mass is 10.0. The molecule has 108 valence electrons. The minimum atomic E-state index is 0.510. The van der Waals surface area contributed by atoms with Crippen molar-refractivity contribution in [1.29, 1.82) is 0 Å². The molecule has 1 heterocycles. The molecule has 21 heavy (non-hydrogen) atoms. The maximum atomic E-state index is 5.95. The number of aromatic nitrogens is 2. The van der Waals surface area contributed by atoms with Gasteiger partial charge in [-0.2, -0.15) is 0 Å². The van der Waals surface area contributed by atoms with Gasteiger partial charge in [-0.3, -0.25) is 4.57 Å². The number of hydrogen-bond donors (Lipinski definition) is 0. The summed E-state index contributed by atoms with van der Waals surface area (Å²) in [5.74, 6) is 2.11. The summed E-state index contributed by atoms with van der Waals surface area (Å²) >= 11 is 5.95. The van der Waals surface area contributed by atoms with E-state index in [4.69, 9.17) is 16.6 Å². The van der Waals surface area contributed by atoms with Crippen molar-refractivity contribution in [2.45, 2.75) is 26.2 Å². The number of alkyl halides is 1. The van der Waals surface area contributed by atoms with Crippen LogP contribution in [0.5, 0.6) is 0 Å². The minimum Gasteiger partial charge on any atom is -0.296 e. The molecule has 1 aromatic heterocycles. The van der Waals surface area contributed by atoms with Crippen molar-refractivity contribution < 1.29 is 0 Å². The van der Waals surface area contributed by atoms with E-state index in [2.05, 4.69) is 60.9 Å². The van der Waals surface area contributed by atoms with E-state index in [0.717, 1.165) is 29.0 Å². The van der Waals surface area contributed by atoms with Crippen molar-refractivity contribution in [3.63, 3.8) is 0 Å². The molecule has 0 unspecified atom stereocenters. The first-order valence-corrected chi connectivity index (χ1v) is 7.87. The van der Waals surface area contributed by atoms with E-state index in [1.807, 2.05) is 6.07 Å². The standard InChI is InChI=1S/C18H19ClN2/c1-13(2)14-6-5-7-15(12-14)21-17-9-4-3-8-16(17)20-18(21)10-11-19/h3-9,12-13H,10-11H2,1-2H3. The second-order valence-corrected chi connectivity index (χ2v) is 5.92. The smallest absolute Gasteiger partial charge is 0.115 e. The fourth-order valence-corrected chi connectivity index (χ4v) is 2.81. The summed E-state index contributed by atoms with van der Waals surface area (Å²) in [6, 6.07) is 16.9. The molecule has 0 amide bonds. The number of fused-ring (bicyclic) bond motifs is 1. The van der Waals surface area contributed by atoms with Crippen LogP contribution in [0, 0.1) is 0 Å². The van der Waals surface area contributed by atoms with Gasteiger partial charge in [-0.1, -0.05) is 38.1 Å². The molecule has 3 aromatic rings. The zero-order chi connectivity index (χ0) is 14.8. The average molecular weight is 299 g/mol. The third kappa shape index (κ3) is 2.68. The van der Waals surface area contributed by atoms with Crippen LogP contribution in [-0.2, 0) is 6.42 Å². The molecule has 0 saturated carbocycles. The van der Waals surface area contributed by atoms with Gasteiger partial charge in [0.1, 0.15) is 5.82 Å². The number of aryl methyl sites for hydroxylation is 1. The Morgan fingerprint density at radius 3 is 2.67 bits per heavy atom. The largest absolute Gasteiger partial charge is 0.296 e. The molecule has 0 fully saturated rings. The Morgan fingerprint density at radius 1 is 1.10 bits per heavy atom. The zero-order valence-corrected chi connectivity index (χ0v) is 13.1. The topological polar surface area (TPSA) is 17.8 Å². The summed E-state index contributed by atoms with van der Waals surface area (Å²) in [6.45, 7) is 4.43. The number of nitrogens with zero attached hydrogens (tertiary/aromatic N) is 2. The van der Waals surface area contributed by atoms with E-state index in [9.17, 15) is 0 Å². The van der Waals surface area contributed by atoms with Crippen LogP contribution < -0.4 is 0 Å². The normalized spacial score (nSPS) is 11.4. The fourth-order valence-electron chi connectivity index (χ4n) is 2.64. The zero-order valence-electron chi connectivity index (χ0n) is 12.4. The van der Waals surface area contributed by atoms with Gasteiger partial charge in [-0.15, -0.1) is 11.6 Å². The SMILES string of the molecule is CC(C)c1cccc(-n2c(CCCl)nc3ccccc32)c1. The van der Waals surface area contributed by atoms with E-state index in [-0.39, 0.29) is 0 Å². The first kappa shape index (κ1) is 14.2. The predicted octanol–water partition coefficient (Wildman–Crippen LogP) is 4.93. The number of rotatable bonds is 4. The Bertz CT molecular complexity index is 759. The van der Waals surface area contributed by atoms with Crippen LogP contribution in [0.4, 0.5) is 0 Å². The van der Waals surface area contributed by atoms with Gasteiger partial charge >= 0.3 is 0 Å². The lowest BCUT2D eigenvalue weighted by Crippen LogP contribution is -2.03. The first-order valence-electron chi connectivity index (χ1n) is 7.33. The lowest BCUT2D eigenvalue weighted by molar-refractivity contribution is 0.857. The Hall–Kier alpha value is -1.80. The molecule has 0 bridgehead atoms. The van der Waals surface area contributed by atoms with E-state index in [1.54, 1.807) is 0 Å². The van der Waals surface area contributed by atoms with E-state index >= 15 is 0 Å². The molecule has 0 N–H and O–H groups in total. The third-order valence-corrected chi connectivity index (χ3v) is 3.93. The van der Waals surface area contributed by atoms with Crippen LogP contribution in [0.15, 0.2) is 48.5 Å². The molecular weight excluding hydrogens is 280 g/mol. The maximum absolute atomic E-state index is 5.95. The van der Waals surface area contributed by atoms with Gasteiger partial charge in [-0.05, 0) is 35.7 Å². The number of benzene rings is 2. The molecule has 3 rings (SSSR count).